The van der Waals surface area contributed by atoms with Gasteiger partial charge in [-0.05, 0) is 25.3 Å². The zero-order valence-electron chi connectivity index (χ0n) is 12.2. The molecule has 0 aliphatic rings. The lowest BCUT2D eigenvalue weighted by atomic mass is 9.96. The second-order valence-corrected chi connectivity index (χ2v) is 4.50. The first-order valence-electron chi connectivity index (χ1n) is 6.73. The number of hydrogen-bond donors (Lipinski definition) is 1. The van der Waals surface area contributed by atoms with Gasteiger partial charge in [-0.25, -0.2) is 9.59 Å². The van der Waals surface area contributed by atoms with E-state index in [2.05, 4.69) is 9.72 Å². The number of carbonyl (C=O) groups is 2. The highest BCUT2D eigenvalue weighted by Crippen LogP contribution is 2.34. The highest BCUT2D eigenvalue weighted by Gasteiger charge is 2.40. The van der Waals surface area contributed by atoms with Gasteiger partial charge in [-0.1, -0.05) is 13.3 Å². The van der Waals surface area contributed by atoms with Crippen LogP contribution >= 0.6 is 0 Å². The van der Waals surface area contributed by atoms with Gasteiger partial charge >= 0.3 is 18.1 Å². The summed E-state index contributed by atoms with van der Waals surface area (Å²) in [5.74, 6) is -2.64. The van der Waals surface area contributed by atoms with Crippen LogP contribution < -0.4 is 0 Å². The Morgan fingerprint density at radius 1 is 1.32 bits per heavy atom. The predicted molar refractivity (Wildman–Crippen MR) is 70.8 cm³/mol. The number of carbonyl (C=O) groups excluding carboxylic acids is 1. The highest BCUT2D eigenvalue weighted by molar-refractivity contribution is 5.98. The van der Waals surface area contributed by atoms with E-state index in [-0.39, 0.29) is 18.6 Å². The Balaban J connectivity index is 3.62. The number of aromatic nitrogens is 1. The number of hydrogen-bond acceptors (Lipinski definition) is 4. The van der Waals surface area contributed by atoms with E-state index in [9.17, 15) is 22.8 Å². The van der Waals surface area contributed by atoms with Crippen molar-refractivity contribution in [2.75, 3.05) is 6.61 Å². The molecule has 22 heavy (non-hydrogen) atoms. The van der Waals surface area contributed by atoms with E-state index in [1.165, 1.54) is 6.92 Å². The third-order valence-corrected chi connectivity index (χ3v) is 2.95. The first kappa shape index (κ1) is 17.9. The fraction of sp³-hybridized carbons (Fsp3) is 0.500. The molecule has 0 amide bonds. The van der Waals surface area contributed by atoms with Crippen molar-refractivity contribution in [2.45, 2.75) is 39.3 Å². The SMILES string of the molecule is CCCCc1c(C(=O)O)cnc(C(F)(F)F)c1C(=O)OCC. The maximum Gasteiger partial charge on any atom is 0.434 e. The van der Waals surface area contributed by atoms with E-state index in [0.29, 0.717) is 19.0 Å². The molecule has 1 N–H and O–H groups in total. The van der Waals surface area contributed by atoms with Crippen LogP contribution in [0.5, 0.6) is 0 Å². The highest BCUT2D eigenvalue weighted by atomic mass is 19.4. The number of aromatic carboxylic acids is 1. The third kappa shape index (κ3) is 3.96. The molecular formula is C14H16F3NO4. The Hall–Kier alpha value is -2.12. The number of alkyl halides is 3. The minimum absolute atomic E-state index is 0.0257. The summed E-state index contributed by atoms with van der Waals surface area (Å²) in [5, 5.41) is 9.12. The van der Waals surface area contributed by atoms with Gasteiger partial charge < -0.3 is 9.84 Å². The van der Waals surface area contributed by atoms with Crippen LogP contribution in [0.3, 0.4) is 0 Å². The van der Waals surface area contributed by atoms with Crippen molar-refractivity contribution in [3.8, 4) is 0 Å². The Labute approximate surface area is 125 Å². The molecule has 122 valence electrons. The van der Waals surface area contributed by atoms with Crippen molar-refractivity contribution < 1.29 is 32.6 Å². The van der Waals surface area contributed by atoms with Gasteiger partial charge in [0.05, 0.1) is 17.7 Å². The van der Waals surface area contributed by atoms with Crippen LogP contribution in [-0.2, 0) is 17.3 Å². The Morgan fingerprint density at radius 2 is 1.95 bits per heavy atom. The normalized spacial score (nSPS) is 11.3. The maximum atomic E-state index is 13.1. The number of unbranched alkanes of at least 4 members (excludes halogenated alkanes) is 1. The molecule has 0 fully saturated rings. The molecule has 0 spiro atoms. The summed E-state index contributed by atoms with van der Waals surface area (Å²) in [4.78, 5) is 26.3. The molecule has 8 heteroatoms. The summed E-state index contributed by atoms with van der Waals surface area (Å²) in [5.41, 5.74) is -2.82. The van der Waals surface area contributed by atoms with E-state index in [1.54, 1.807) is 6.92 Å². The number of ether oxygens (including phenoxy) is 1. The molecule has 0 bridgehead atoms. The van der Waals surface area contributed by atoms with Gasteiger partial charge in [0, 0.05) is 6.20 Å². The van der Waals surface area contributed by atoms with Crippen LogP contribution in [-0.4, -0.2) is 28.6 Å². The van der Waals surface area contributed by atoms with Crippen molar-refractivity contribution in [2.24, 2.45) is 0 Å². The maximum absolute atomic E-state index is 13.1. The summed E-state index contributed by atoms with van der Waals surface area (Å²) in [6.07, 6.45) is -3.14. The van der Waals surface area contributed by atoms with Crippen LogP contribution in [0.4, 0.5) is 13.2 Å². The van der Waals surface area contributed by atoms with Crippen LogP contribution in [0, 0.1) is 0 Å². The smallest absolute Gasteiger partial charge is 0.434 e. The number of nitrogens with zero attached hydrogens (tertiary/aromatic N) is 1. The molecule has 1 aromatic rings. The van der Waals surface area contributed by atoms with Gasteiger partial charge in [0.15, 0.2) is 5.69 Å². The number of esters is 1. The molecule has 0 saturated heterocycles. The van der Waals surface area contributed by atoms with Crippen molar-refractivity contribution >= 4 is 11.9 Å². The van der Waals surface area contributed by atoms with Crippen molar-refractivity contribution in [1.82, 2.24) is 4.98 Å². The van der Waals surface area contributed by atoms with Gasteiger partial charge in [0.25, 0.3) is 0 Å². The summed E-state index contributed by atoms with van der Waals surface area (Å²) in [6, 6.07) is 0. The molecule has 0 aliphatic heterocycles. The fourth-order valence-electron chi connectivity index (χ4n) is 1.98. The lowest BCUT2D eigenvalue weighted by Gasteiger charge is -2.16. The van der Waals surface area contributed by atoms with E-state index >= 15 is 0 Å². The molecule has 0 unspecified atom stereocenters. The average molecular weight is 319 g/mol. The van der Waals surface area contributed by atoms with Crippen LogP contribution in [0.25, 0.3) is 0 Å². The summed E-state index contributed by atoms with van der Waals surface area (Å²) >= 11 is 0. The molecular weight excluding hydrogens is 303 g/mol. The summed E-state index contributed by atoms with van der Waals surface area (Å²) < 4.78 is 43.8. The lowest BCUT2D eigenvalue weighted by Crippen LogP contribution is -2.22. The summed E-state index contributed by atoms with van der Waals surface area (Å²) in [7, 11) is 0. The fourth-order valence-corrected chi connectivity index (χ4v) is 1.98. The van der Waals surface area contributed by atoms with Crippen LogP contribution in [0.15, 0.2) is 6.20 Å². The van der Waals surface area contributed by atoms with E-state index in [1.807, 2.05) is 0 Å². The standard InChI is InChI=1S/C14H16F3NO4/c1-3-5-6-8-9(12(19)20)7-18-11(14(15,16)17)10(8)13(21)22-4-2/h7H,3-6H2,1-2H3,(H,19,20). The average Bonchev–Trinajstić information content (AvgIpc) is 2.42. The largest absolute Gasteiger partial charge is 0.478 e. The van der Waals surface area contributed by atoms with E-state index in [0.717, 1.165) is 0 Å². The Morgan fingerprint density at radius 3 is 2.41 bits per heavy atom. The first-order valence-corrected chi connectivity index (χ1v) is 6.73. The van der Waals surface area contributed by atoms with Gasteiger partial charge in [0.2, 0.25) is 0 Å². The van der Waals surface area contributed by atoms with Gasteiger partial charge in [-0.2, -0.15) is 13.2 Å². The Bertz CT molecular complexity index is 570. The van der Waals surface area contributed by atoms with Crippen molar-refractivity contribution in [3.63, 3.8) is 0 Å². The van der Waals surface area contributed by atoms with Gasteiger partial charge in [-0.15, -0.1) is 0 Å². The molecule has 5 nitrogen and oxygen atoms in total. The monoisotopic (exact) mass is 319 g/mol. The molecule has 0 radical (unpaired) electrons. The third-order valence-electron chi connectivity index (χ3n) is 2.95. The topological polar surface area (TPSA) is 76.5 Å². The first-order chi connectivity index (χ1) is 10.2. The van der Waals surface area contributed by atoms with Crippen LogP contribution in [0.1, 0.15) is 58.7 Å². The molecule has 1 aromatic heterocycles. The minimum atomic E-state index is -4.87. The van der Waals surface area contributed by atoms with Crippen molar-refractivity contribution in [3.05, 3.63) is 28.6 Å². The number of carboxylic acids is 1. The minimum Gasteiger partial charge on any atom is -0.478 e. The number of carboxylic acid groups (broad SMARTS) is 1. The molecule has 1 heterocycles. The van der Waals surface area contributed by atoms with Gasteiger partial charge in [-0.3, -0.25) is 4.98 Å². The number of halogens is 3. The summed E-state index contributed by atoms with van der Waals surface area (Å²) in [6.45, 7) is 3.13. The van der Waals surface area contributed by atoms with Crippen LogP contribution in [0.2, 0.25) is 0 Å². The molecule has 0 saturated carbocycles. The second-order valence-electron chi connectivity index (χ2n) is 4.50. The second kappa shape index (κ2) is 7.24. The van der Waals surface area contributed by atoms with E-state index < -0.39 is 34.9 Å². The zero-order valence-corrected chi connectivity index (χ0v) is 12.2. The van der Waals surface area contributed by atoms with Gasteiger partial charge in [0.1, 0.15) is 0 Å². The quantitative estimate of drug-likeness (QED) is 0.814. The predicted octanol–water partition coefficient (Wildman–Crippen LogP) is 3.32. The Kier molecular flexibility index (Phi) is 5.90. The lowest BCUT2D eigenvalue weighted by molar-refractivity contribution is -0.141. The van der Waals surface area contributed by atoms with E-state index in [4.69, 9.17) is 5.11 Å². The molecule has 0 aliphatic carbocycles. The molecule has 0 atom stereocenters. The molecule has 0 aromatic carbocycles. The number of pyridine rings is 1. The molecule has 1 rings (SSSR count). The van der Waals surface area contributed by atoms with Crippen molar-refractivity contribution in [1.29, 1.82) is 0 Å². The zero-order chi connectivity index (χ0) is 16.9. The number of rotatable bonds is 6.